The molecule has 1 aromatic carbocycles. The molecular formula is C15H23NO2S. The molecule has 0 aliphatic carbocycles. The van der Waals surface area contributed by atoms with Crippen molar-refractivity contribution in [2.24, 2.45) is 0 Å². The van der Waals surface area contributed by atoms with E-state index in [9.17, 15) is 4.79 Å². The number of benzene rings is 1. The zero-order valence-corrected chi connectivity index (χ0v) is 12.7. The second-order valence-corrected chi connectivity index (χ2v) is 6.01. The molecule has 0 aliphatic heterocycles. The Hall–Kier alpha value is -1.00. The molecule has 1 rings (SSSR count). The van der Waals surface area contributed by atoms with Gasteiger partial charge in [-0.05, 0) is 38.3 Å². The van der Waals surface area contributed by atoms with Crippen LogP contribution in [0.15, 0.2) is 29.2 Å². The summed E-state index contributed by atoms with van der Waals surface area (Å²) in [6.07, 6.45) is 1.40. The fourth-order valence-electron chi connectivity index (χ4n) is 1.81. The zero-order chi connectivity index (χ0) is 14.3. The van der Waals surface area contributed by atoms with Crippen LogP contribution < -0.4 is 5.32 Å². The highest BCUT2D eigenvalue weighted by Gasteiger charge is 2.23. The van der Waals surface area contributed by atoms with Crippen LogP contribution in [0.4, 0.5) is 0 Å². The van der Waals surface area contributed by atoms with Gasteiger partial charge in [0.15, 0.2) is 0 Å². The number of hydrogen-bond acceptors (Lipinski definition) is 3. The van der Waals surface area contributed by atoms with Gasteiger partial charge in [-0.1, -0.05) is 25.1 Å². The van der Waals surface area contributed by atoms with Crippen molar-refractivity contribution in [3.63, 3.8) is 0 Å². The Morgan fingerprint density at radius 2 is 2.11 bits per heavy atom. The first-order valence-corrected chi connectivity index (χ1v) is 7.59. The van der Waals surface area contributed by atoms with Gasteiger partial charge in [-0.3, -0.25) is 4.79 Å². The van der Waals surface area contributed by atoms with Crippen LogP contribution in [0.1, 0.15) is 32.3 Å². The van der Waals surface area contributed by atoms with Crippen LogP contribution in [0.2, 0.25) is 0 Å². The molecule has 0 saturated carbocycles. The van der Waals surface area contributed by atoms with E-state index in [0.717, 1.165) is 11.3 Å². The predicted octanol–water partition coefficient (Wildman–Crippen LogP) is 2.75. The maximum absolute atomic E-state index is 12.0. The second kappa shape index (κ2) is 7.56. The molecule has 0 fully saturated rings. The van der Waals surface area contributed by atoms with Gasteiger partial charge in [0.25, 0.3) is 0 Å². The van der Waals surface area contributed by atoms with Crippen LogP contribution in [0, 0.1) is 6.92 Å². The van der Waals surface area contributed by atoms with Gasteiger partial charge < -0.3 is 10.4 Å². The fraction of sp³-hybridized carbons (Fsp3) is 0.533. The summed E-state index contributed by atoms with van der Waals surface area (Å²) >= 11 is 1.55. The zero-order valence-electron chi connectivity index (χ0n) is 11.9. The minimum Gasteiger partial charge on any atom is -0.396 e. The number of aliphatic hydroxyl groups is 1. The Kier molecular flexibility index (Phi) is 6.38. The van der Waals surface area contributed by atoms with Crippen molar-refractivity contribution in [2.45, 2.75) is 44.0 Å². The Balaban J connectivity index is 2.50. The molecule has 0 aromatic heterocycles. The first-order valence-electron chi connectivity index (χ1n) is 6.61. The van der Waals surface area contributed by atoms with E-state index in [1.54, 1.807) is 11.8 Å². The Labute approximate surface area is 119 Å². The SMILES string of the molecule is CCC(C)(CCO)NC(=O)CSc1ccccc1C. The molecule has 106 valence electrons. The molecule has 1 unspecified atom stereocenters. The van der Waals surface area contributed by atoms with Gasteiger partial charge in [0.05, 0.1) is 5.75 Å². The van der Waals surface area contributed by atoms with E-state index in [-0.39, 0.29) is 18.1 Å². The summed E-state index contributed by atoms with van der Waals surface area (Å²) in [7, 11) is 0. The predicted molar refractivity (Wildman–Crippen MR) is 80.4 cm³/mol. The third-order valence-electron chi connectivity index (χ3n) is 3.34. The molecule has 2 N–H and O–H groups in total. The van der Waals surface area contributed by atoms with Crippen LogP contribution in [0.3, 0.4) is 0 Å². The molecule has 0 bridgehead atoms. The molecule has 0 spiro atoms. The van der Waals surface area contributed by atoms with Crippen LogP contribution in [-0.4, -0.2) is 28.9 Å². The molecule has 0 heterocycles. The van der Waals surface area contributed by atoms with Crippen molar-refractivity contribution in [1.29, 1.82) is 0 Å². The lowest BCUT2D eigenvalue weighted by atomic mass is 9.95. The summed E-state index contributed by atoms with van der Waals surface area (Å²) in [5, 5.41) is 12.0. The van der Waals surface area contributed by atoms with E-state index in [1.165, 1.54) is 5.56 Å². The van der Waals surface area contributed by atoms with E-state index in [4.69, 9.17) is 5.11 Å². The summed E-state index contributed by atoms with van der Waals surface area (Å²) in [6, 6.07) is 8.05. The first kappa shape index (κ1) is 16.1. The number of aliphatic hydroxyl groups excluding tert-OH is 1. The lowest BCUT2D eigenvalue weighted by Gasteiger charge is -2.29. The highest BCUT2D eigenvalue weighted by atomic mass is 32.2. The van der Waals surface area contributed by atoms with Crippen LogP contribution in [0.25, 0.3) is 0 Å². The van der Waals surface area contributed by atoms with Crippen molar-refractivity contribution >= 4 is 17.7 Å². The average molecular weight is 281 g/mol. The molecule has 19 heavy (non-hydrogen) atoms. The summed E-state index contributed by atoms with van der Waals surface area (Å²) in [6.45, 7) is 6.13. The van der Waals surface area contributed by atoms with Gasteiger partial charge in [-0.2, -0.15) is 0 Å². The molecule has 0 aliphatic rings. The van der Waals surface area contributed by atoms with E-state index >= 15 is 0 Å². The number of rotatable bonds is 7. The molecule has 4 heteroatoms. The number of aryl methyl sites for hydroxylation is 1. The van der Waals surface area contributed by atoms with E-state index in [2.05, 4.69) is 5.32 Å². The number of carbonyl (C=O) groups excluding carboxylic acids is 1. The van der Waals surface area contributed by atoms with Gasteiger partial charge in [-0.25, -0.2) is 0 Å². The standard InChI is InChI=1S/C15H23NO2S/c1-4-15(3,9-10-17)16-14(18)11-19-13-8-6-5-7-12(13)2/h5-8,17H,4,9-11H2,1-3H3,(H,16,18). The maximum Gasteiger partial charge on any atom is 0.230 e. The first-order chi connectivity index (χ1) is 9.00. The third kappa shape index (κ3) is 5.25. The van der Waals surface area contributed by atoms with Gasteiger partial charge in [-0.15, -0.1) is 11.8 Å². The smallest absolute Gasteiger partial charge is 0.230 e. The lowest BCUT2D eigenvalue weighted by molar-refractivity contribution is -0.120. The number of carbonyl (C=O) groups is 1. The van der Waals surface area contributed by atoms with E-state index in [0.29, 0.717) is 12.2 Å². The maximum atomic E-state index is 12.0. The Bertz CT molecular complexity index is 422. The highest BCUT2D eigenvalue weighted by molar-refractivity contribution is 8.00. The number of amides is 1. The number of nitrogens with one attached hydrogen (secondary N) is 1. The van der Waals surface area contributed by atoms with Crippen molar-refractivity contribution < 1.29 is 9.90 Å². The quantitative estimate of drug-likeness (QED) is 0.756. The minimum absolute atomic E-state index is 0.0195. The number of thioether (sulfide) groups is 1. The minimum atomic E-state index is -0.307. The van der Waals surface area contributed by atoms with Crippen molar-refractivity contribution in [3.8, 4) is 0 Å². The van der Waals surface area contributed by atoms with Crippen molar-refractivity contribution in [2.75, 3.05) is 12.4 Å². The molecule has 1 aromatic rings. The average Bonchev–Trinajstić information content (AvgIpc) is 2.38. The molecular weight excluding hydrogens is 258 g/mol. The lowest BCUT2D eigenvalue weighted by Crippen LogP contribution is -2.46. The Morgan fingerprint density at radius 3 is 2.68 bits per heavy atom. The van der Waals surface area contributed by atoms with Crippen molar-refractivity contribution in [3.05, 3.63) is 29.8 Å². The third-order valence-corrected chi connectivity index (χ3v) is 4.51. The van der Waals surface area contributed by atoms with E-state index in [1.807, 2.05) is 45.0 Å². The molecule has 1 atom stereocenters. The highest BCUT2D eigenvalue weighted by Crippen LogP contribution is 2.22. The van der Waals surface area contributed by atoms with Crippen LogP contribution in [0.5, 0.6) is 0 Å². The topological polar surface area (TPSA) is 49.3 Å². The number of hydrogen-bond donors (Lipinski definition) is 2. The molecule has 0 saturated heterocycles. The summed E-state index contributed by atoms with van der Waals surface area (Å²) in [5.74, 6) is 0.428. The Morgan fingerprint density at radius 1 is 1.42 bits per heavy atom. The van der Waals surface area contributed by atoms with Gasteiger partial charge in [0, 0.05) is 17.0 Å². The molecule has 0 radical (unpaired) electrons. The normalized spacial score (nSPS) is 13.9. The van der Waals surface area contributed by atoms with Crippen LogP contribution in [-0.2, 0) is 4.79 Å². The summed E-state index contributed by atoms with van der Waals surface area (Å²) < 4.78 is 0. The largest absolute Gasteiger partial charge is 0.396 e. The van der Waals surface area contributed by atoms with Gasteiger partial charge >= 0.3 is 0 Å². The monoisotopic (exact) mass is 281 g/mol. The molecule has 3 nitrogen and oxygen atoms in total. The van der Waals surface area contributed by atoms with Gasteiger partial charge in [0.2, 0.25) is 5.91 Å². The van der Waals surface area contributed by atoms with Gasteiger partial charge in [0.1, 0.15) is 0 Å². The van der Waals surface area contributed by atoms with Crippen LogP contribution >= 0.6 is 11.8 Å². The molecule has 1 amide bonds. The van der Waals surface area contributed by atoms with E-state index < -0.39 is 0 Å². The fourth-order valence-corrected chi connectivity index (χ4v) is 2.64. The van der Waals surface area contributed by atoms with Crippen molar-refractivity contribution in [1.82, 2.24) is 5.32 Å². The summed E-state index contributed by atoms with van der Waals surface area (Å²) in [5.41, 5.74) is 0.881. The second-order valence-electron chi connectivity index (χ2n) is 4.99. The summed E-state index contributed by atoms with van der Waals surface area (Å²) in [4.78, 5) is 13.1.